The number of nitrogens with zero attached hydrogens (tertiary/aromatic N) is 3. The van der Waals surface area contributed by atoms with Gasteiger partial charge < -0.3 is 15.5 Å². The van der Waals surface area contributed by atoms with Gasteiger partial charge in [-0.2, -0.15) is 4.98 Å². The predicted octanol–water partition coefficient (Wildman–Crippen LogP) is 1.72. The molecule has 0 saturated carbocycles. The summed E-state index contributed by atoms with van der Waals surface area (Å²) in [6.45, 7) is 8.68. The summed E-state index contributed by atoms with van der Waals surface area (Å²) in [5.74, 6) is 2.52. The smallest absolute Gasteiger partial charge is 0.224 e. The lowest BCUT2D eigenvalue weighted by Gasteiger charge is -2.45. The summed E-state index contributed by atoms with van der Waals surface area (Å²) in [4.78, 5) is 11.4. The van der Waals surface area contributed by atoms with Gasteiger partial charge >= 0.3 is 0 Å². The first-order valence-electron chi connectivity index (χ1n) is 7.32. The van der Waals surface area contributed by atoms with E-state index in [2.05, 4.69) is 39.3 Å². The first-order valence-corrected chi connectivity index (χ1v) is 7.32. The van der Waals surface area contributed by atoms with Crippen molar-refractivity contribution in [3.8, 4) is 0 Å². The van der Waals surface area contributed by atoms with Crippen LogP contribution in [0.15, 0.2) is 6.20 Å². The van der Waals surface area contributed by atoms with E-state index in [1.165, 1.54) is 25.9 Å². The van der Waals surface area contributed by atoms with Crippen LogP contribution in [0, 0.1) is 12.8 Å². The molecule has 1 aromatic rings. The maximum atomic E-state index is 4.59. The third-order valence-electron chi connectivity index (χ3n) is 4.28. The van der Waals surface area contributed by atoms with Crippen molar-refractivity contribution in [3.05, 3.63) is 11.8 Å². The highest BCUT2D eigenvalue weighted by atomic mass is 15.2. The summed E-state index contributed by atoms with van der Waals surface area (Å²) in [5, 5.41) is 6.82. The molecule has 0 aliphatic carbocycles. The Balaban J connectivity index is 1.73. The van der Waals surface area contributed by atoms with E-state index in [1.807, 2.05) is 6.20 Å². The van der Waals surface area contributed by atoms with Crippen LogP contribution < -0.4 is 10.6 Å². The summed E-state index contributed by atoms with van der Waals surface area (Å²) >= 11 is 0. The molecule has 2 N–H and O–H groups in total. The zero-order chi connectivity index (χ0) is 13.2. The van der Waals surface area contributed by atoms with E-state index in [0.717, 1.165) is 36.3 Å². The van der Waals surface area contributed by atoms with Gasteiger partial charge in [0.05, 0.1) is 0 Å². The van der Waals surface area contributed by atoms with Gasteiger partial charge in [0.15, 0.2) is 0 Å². The van der Waals surface area contributed by atoms with Crippen LogP contribution in [0.1, 0.15) is 25.3 Å². The number of anilines is 2. The van der Waals surface area contributed by atoms with Crippen LogP contribution in [0.3, 0.4) is 0 Å². The summed E-state index contributed by atoms with van der Waals surface area (Å²) in [6.07, 6.45) is 4.54. The Morgan fingerprint density at radius 3 is 2.79 bits per heavy atom. The second-order valence-electron chi connectivity index (χ2n) is 5.64. The molecule has 0 amide bonds. The highest BCUT2D eigenvalue weighted by Gasteiger charge is 2.34. The Morgan fingerprint density at radius 1 is 1.37 bits per heavy atom. The molecule has 4 heterocycles. The van der Waals surface area contributed by atoms with Crippen molar-refractivity contribution in [3.63, 3.8) is 0 Å². The van der Waals surface area contributed by atoms with Gasteiger partial charge in [-0.25, -0.2) is 4.98 Å². The minimum Gasteiger partial charge on any atom is -0.365 e. The maximum absolute atomic E-state index is 4.59. The molecule has 5 heteroatoms. The Kier molecular flexibility index (Phi) is 3.55. The van der Waals surface area contributed by atoms with Gasteiger partial charge in [0.25, 0.3) is 0 Å². The first-order chi connectivity index (χ1) is 9.26. The third-order valence-corrected chi connectivity index (χ3v) is 4.28. The summed E-state index contributed by atoms with van der Waals surface area (Å²) < 4.78 is 0. The standard InChI is InChI=1S/C14H23N5/c1-3-15-14-16-8-10(2)13(18-14)17-12-9-19-6-4-11(12)5-7-19/h8,11-12H,3-7,9H2,1-2H3,(H2,15,16,17,18). The minimum atomic E-state index is 0.547. The molecule has 0 spiro atoms. The monoisotopic (exact) mass is 261 g/mol. The lowest BCUT2D eigenvalue weighted by atomic mass is 9.84. The second-order valence-corrected chi connectivity index (χ2v) is 5.64. The second kappa shape index (κ2) is 5.33. The molecule has 1 unspecified atom stereocenters. The SMILES string of the molecule is CCNc1ncc(C)c(NC2CN3CCC2CC3)n1. The normalized spacial score (nSPS) is 29.3. The van der Waals surface area contributed by atoms with Gasteiger partial charge in [0, 0.05) is 30.9 Å². The highest BCUT2D eigenvalue weighted by Crippen LogP contribution is 2.30. The topological polar surface area (TPSA) is 53.1 Å². The van der Waals surface area contributed by atoms with Crippen molar-refractivity contribution in [2.24, 2.45) is 5.92 Å². The van der Waals surface area contributed by atoms with Gasteiger partial charge in [0.1, 0.15) is 5.82 Å². The molecule has 19 heavy (non-hydrogen) atoms. The van der Waals surface area contributed by atoms with Crippen LogP contribution in [-0.4, -0.2) is 47.1 Å². The van der Waals surface area contributed by atoms with Crippen molar-refractivity contribution < 1.29 is 0 Å². The minimum absolute atomic E-state index is 0.547. The molecule has 3 aliphatic heterocycles. The van der Waals surface area contributed by atoms with Crippen molar-refractivity contribution in [1.29, 1.82) is 0 Å². The van der Waals surface area contributed by atoms with E-state index in [1.54, 1.807) is 0 Å². The molecule has 4 rings (SSSR count). The quantitative estimate of drug-likeness (QED) is 0.864. The van der Waals surface area contributed by atoms with Crippen LogP contribution in [0.4, 0.5) is 11.8 Å². The molecule has 1 aromatic heterocycles. The van der Waals surface area contributed by atoms with E-state index in [4.69, 9.17) is 0 Å². The Morgan fingerprint density at radius 2 is 2.16 bits per heavy atom. The van der Waals surface area contributed by atoms with Crippen molar-refractivity contribution >= 4 is 11.8 Å². The fourth-order valence-electron chi connectivity index (χ4n) is 3.14. The van der Waals surface area contributed by atoms with E-state index in [-0.39, 0.29) is 0 Å². The van der Waals surface area contributed by atoms with Crippen molar-refractivity contribution in [2.45, 2.75) is 32.7 Å². The van der Waals surface area contributed by atoms with E-state index in [0.29, 0.717) is 6.04 Å². The predicted molar refractivity (Wildman–Crippen MR) is 77.5 cm³/mol. The summed E-state index contributed by atoms with van der Waals surface area (Å²) in [6, 6.07) is 0.547. The van der Waals surface area contributed by atoms with Crippen LogP contribution in [0.2, 0.25) is 0 Å². The molecule has 104 valence electrons. The largest absolute Gasteiger partial charge is 0.365 e. The zero-order valence-electron chi connectivity index (χ0n) is 11.8. The number of fused-ring (bicyclic) bond motifs is 3. The Hall–Kier alpha value is -1.36. The maximum Gasteiger partial charge on any atom is 0.224 e. The van der Waals surface area contributed by atoms with Crippen LogP contribution >= 0.6 is 0 Å². The number of piperidine rings is 3. The van der Waals surface area contributed by atoms with Gasteiger partial charge in [-0.1, -0.05) is 0 Å². The molecule has 3 aliphatic rings. The van der Waals surface area contributed by atoms with E-state index < -0.39 is 0 Å². The fraction of sp³-hybridized carbons (Fsp3) is 0.714. The lowest BCUT2D eigenvalue weighted by Crippen LogP contribution is -2.53. The number of rotatable bonds is 4. The molecule has 0 radical (unpaired) electrons. The van der Waals surface area contributed by atoms with Gasteiger partial charge in [0.2, 0.25) is 5.95 Å². The number of aromatic nitrogens is 2. The highest BCUT2D eigenvalue weighted by molar-refractivity contribution is 5.47. The molecular formula is C14H23N5. The number of aryl methyl sites for hydroxylation is 1. The molecule has 0 aromatic carbocycles. The molecule has 5 nitrogen and oxygen atoms in total. The van der Waals surface area contributed by atoms with Crippen LogP contribution in [0.5, 0.6) is 0 Å². The average Bonchev–Trinajstić information content (AvgIpc) is 2.44. The van der Waals surface area contributed by atoms with E-state index in [9.17, 15) is 0 Å². The lowest BCUT2D eigenvalue weighted by molar-refractivity contribution is 0.0973. The molecule has 3 fully saturated rings. The Labute approximate surface area is 114 Å². The van der Waals surface area contributed by atoms with Gasteiger partial charge in [-0.05, 0) is 45.7 Å². The van der Waals surface area contributed by atoms with Crippen molar-refractivity contribution in [1.82, 2.24) is 14.9 Å². The van der Waals surface area contributed by atoms with E-state index >= 15 is 0 Å². The number of nitrogens with one attached hydrogen (secondary N) is 2. The van der Waals surface area contributed by atoms with Crippen LogP contribution in [-0.2, 0) is 0 Å². The Bertz CT molecular complexity index is 439. The molecular weight excluding hydrogens is 238 g/mol. The number of hydrogen-bond acceptors (Lipinski definition) is 5. The third kappa shape index (κ3) is 2.66. The average molecular weight is 261 g/mol. The first kappa shape index (κ1) is 12.7. The molecule has 2 bridgehead atoms. The van der Waals surface area contributed by atoms with Gasteiger partial charge in [-0.3, -0.25) is 0 Å². The zero-order valence-corrected chi connectivity index (χ0v) is 11.8. The molecule has 3 saturated heterocycles. The van der Waals surface area contributed by atoms with Gasteiger partial charge in [-0.15, -0.1) is 0 Å². The fourth-order valence-corrected chi connectivity index (χ4v) is 3.14. The molecule has 1 atom stereocenters. The van der Waals surface area contributed by atoms with Crippen LogP contribution in [0.25, 0.3) is 0 Å². The summed E-state index contributed by atoms with van der Waals surface area (Å²) in [5.41, 5.74) is 1.12. The summed E-state index contributed by atoms with van der Waals surface area (Å²) in [7, 11) is 0. The number of hydrogen-bond donors (Lipinski definition) is 2. The van der Waals surface area contributed by atoms with Crippen molar-refractivity contribution in [2.75, 3.05) is 36.8 Å².